The summed E-state index contributed by atoms with van der Waals surface area (Å²) in [5.41, 5.74) is 0. The fourth-order valence-corrected chi connectivity index (χ4v) is 3.17. The molecule has 86 valence electrons. The van der Waals surface area contributed by atoms with E-state index in [-0.39, 0.29) is 6.10 Å². The van der Waals surface area contributed by atoms with Crippen LogP contribution in [0.25, 0.3) is 0 Å². The van der Waals surface area contributed by atoms with E-state index in [2.05, 4.69) is 5.32 Å². The fourth-order valence-electron chi connectivity index (χ4n) is 3.17. The van der Waals surface area contributed by atoms with E-state index in [0.717, 1.165) is 43.2 Å². The van der Waals surface area contributed by atoms with Crippen LogP contribution in [-0.2, 0) is 0 Å². The lowest BCUT2D eigenvalue weighted by molar-refractivity contribution is 0.176. The molecule has 0 aromatic heterocycles. The summed E-state index contributed by atoms with van der Waals surface area (Å²) in [7, 11) is 0. The summed E-state index contributed by atoms with van der Waals surface area (Å²) in [6, 6.07) is 0.836. The van der Waals surface area contributed by atoms with Crippen LogP contribution in [0.15, 0.2) is 0 Å². The van der Waals surface area contributed by atoms with E-state index < -0.39 is 0 Å². The van der Waals surface area contributed by atoms with Crippen LogP contribution in [0, 0.1) is 17.8 Å². The highest BCUT2D eigenvalue weighted by Crippen LogP contribution is 2.44. The normalized spacial score (nSPS) is 36.4. The molecule has 3 rings (SSSR count). The van der Waals surface area contributed by atoms with E-state index in [9.17, 15) is 5.11 Å². The number of aliphatic hydroxyl groups excluding tert-OH is 1. The van der Waals surface area contributed by atoms with Crippen LogP contribution in [0.2, 0.25) is 0 Å². The first kappa shape index (κ1) is 10.1. The number of nitrogens with one attached hydrogen (secondary N) is 1. The summed E-state index contributed by atoms with van der Waals surface area (Å²) < 4.78 is 0. The van der Waals surface area contributed by atoms with Crippen LogP contribution >= 0.6 is 0 Å². The monoisotopic (exact) mass is 209 g/mol. The van der Waals surface area contributed by atoms with E-state index in [1.54, 1.807) is 0 Å². The van der Waals surface area contributed by atoms with Gasteiger partial charge in [-0.25, -0.2) is 0 Å². The third-order valence-corrected chi connectivity index (χ3v) is 4.42. The quantitative estimate of drug-likeness (QED) is 0.725. The van der Waals surface area contributed by atoms with E-state index in [0.29, 0.717) is 0 Å². The van der Waals surface area contributed by atoms with Crippen molar-refractivity contribution in [1.82, 2.24) is 5.32 Å². The van der Waals surface area contributed by atoms with Crippen molar-refractivity contribution in [3.8, 4) is 0 Å². The van der Waals surface area contributed by atoms with Crippen LogP contribution in [0.1, 0.15) is 44.9 Å². The zero-order chi connectivity index (χ0) is 10.3. The maximum atomic E-state index is 9.48. The molecular formula is C13H23NO. The largest absolute Gasteiger partial charge is 0.393 e. The highest BCUT2D eigenvalue weighted by molar-refractivity contribution is 4.96. The summed E-state index contributed by atoms with van der Waals surface area (Å²) in [6.45, 7) is 1.16. The first-order valence-corrected chi connectivity index (χ1v) is 6.74. The van der Waals surface area contributed by atoms with Crippen molar-refractivity contribution in [1.29, 1.82) is 0 Å². The number of hydrogen-bond donors (Lipinski definition) is 2. The molecule has 2 unspecified atom stereocenters. The second-order valence-corrected chi connectivity index (χ2v) is 5.94. The second-order valence-electron chi connectivity index (χ2n) is 5.94. The standard InChI is InChI=1S/C13H23NO/c15-12-6-1-9(7-12)8-14-13(10-2-3-10)11-4-5-11/h9-15H,1-8H2. The van der Waals surface area contributed by atoms with E-state index >= 15 is 0 Å². The number of hydrogen-bond acceptors (Lipinski definition) is 2. The van der Waals surface area contributed by atoms with Gasteiger partial charge in [0, 0.05) is 6.04 Å². The molecule has 0 aromatic carbocycles. The predicted molar refractivity (Wildman–Crippen MR) is 60.6 cm³/mol. The summed E-state index contributed by atoms with van der Waals surface area (Å²) in [6.07, 6.45) is 9.14. The van der Waals surface area contributed by atoms with Crippen molar-refractivity contribution in [2.45, 2.75) is 57.1 Å². The van der Waals surface area contributed by atoms with Crippen LogP contribution in [-0.4, -0.2) is 23.8 Å². The predicted octanol–water partition coefficient (Wildman–Crippen LogP) is 1.93. The van der Waals surface area contributed by atoms with Crippen LogP contribution < -0.4 is 5.32 Å². The molecular weight excluding hydrogens is 186 g/mol. The molecule has 3 fully saturated rings. The lowest BCUT2D eigenvalue weighted by Gasteiger charge is -2.20. The average molecular weight is 209 g/mol. The Hall–Kier alpha value is -0.0800. The Morgan fingerprint density at radius 2 is 1.67 bits per heavy atom. The molecule has 3 saturated carbocycles. The number of rotatable bonds is 5. The molecule has 15 heavy (non-hydrogen) atoms. The summed E-state index contributed by atoms with van der Waals surface area (Å²) in [5, 5.41) is 13.3. The Balaban J connectivity index is 1.43. The third-order valence-electron chi connectivity index (χ3n) is 4.42. The Labute approximate surface area is 92.4 Å². The van der Waals surface area contributed by atoms with E-state index in [1.165, 1.54) is 32.1 Å². The van der Waals surface area contributed by atoms with Crippen LogP contribution in [0.4, 0.5) is 0 Å². The smallest absolute Gasteiger partial charge is 0.0543 e. The van der Waals surface area contributed by atoms with Crippen LogP contribution in [0.5, 0.6) is 0 Å². The third kappa shape index (κ3) is 2.54. The maximum Gasteiger partial charge on any atom is 0.0543 e. The van der Waals surface area contributed by atoms with Gasteiger partial charge in [0.15, 0.2) is 0 Å². The molecule has 2 N–H and O–H groups in total. The second kappa shape index (κ2) is 4.06. The Morgan fingerprint density at radius 3 is 2.13 bits per heavy atom. The van der Waals surface area contributed by atoms with Crippen LogP contribution in [0.3, 0.4) is 0 Å². The summed E-state index contributed by atoms with van der Waals surface area (Å²) in [4.78, 5) is 0. The molecule has 3 aliphatic carbocycles. The van der Waals surface area contributed by atoms with Crippen molar-refractivity contribution in [3.05, 3.63) is 0 Å². The van der Waals surface area contributed by atoms with Gasteiger partial charge in [-0.15, -0.1) is 0 Å². The lowest BCUT2D eigenvalue weighted by atomic mass is 10.0. The molecule has 2 nitrogen and oxygen atoms in total. The van der Waals surface area contributed by atoms with Gasteiger partial charge in [0.1, 0.15) is 0 Å². The van der Waals surface area contributed by atoms with E-state index in [4.69, 9.17) is 0 Å². The van der Waals surface area contributed by atoms with Gasteiger partial charge < -0.3 is 10.4 Å². The molecule has 0 bridgehead atoms. The zero-order valence-electron chi connectivity index (χ0n) is 9.49. The zero-order valence-corrected chi connectivity index (χ0v) is 9.49. The van der Waals surface area contributed by atoms with Gasteiger partial charge in [-0.3, -0.25) is 0 Å². The summed E-state index contributed by atoms with van der Waals surface area (Å²) in [5.74, 6) is 2.76. The molecule has 3 aliphatic rings. The molecule has 0 aromatic rings. The Bertz CT molecular complexity index is 211. The highest BCUT2D eigenvalue weighted by Gasteiger charge is 2.41. The van der Waals surface area contributed by atoms with Crippen molar-refractivity contribution >= 4 is 0 Å². The molecule has 0 saturated heterocycles. The van der Waals surface area contributed by atoms with Gasteiger partial charge in [0.25, 0.3) is 0 Å². The van der Waals surface area contributed by atoms with Crippen molar-refractivity contribution in [2.75, 3.05) is 6.54 Å². The van der Waals surface area contributed by atoms with Gasteiger partial charge in [-0.1, -0.05) is 0 Å². The molecule has 2 heteroatoms. The van der Waals surface area contributed by atoms with Crippen molar-refractivity contribution in [3.63, 3.8) is 0 Å². The van der Waals surface area contributed by atoms with E-state index in [1.807, 2.05) is 0 Å². The fraction of sp³-hybridized carbons (Fsp3) is 1.00. The van der Waals surface area contributed by atoms with Gasteiger partial charge >= 0.3 is 0 Å². The maximum absolute atomic E-state index is 9.48. The molecule has 0 spiro atoms. The minimum atomic E-state index is -0.00269. The molecule has 2 atom stereocenters. The summed E-state index contributed by atoms with van der Waals surface area (Å²) >= 11 is 0. The molecule has 0 radical (unpaired) electrons. The van der Waals surface area contributed by atoms with Crippen molar-refractivity contribution in [2.24, 2.45) is 17.8 Å². The highest BCUT2D eigenvalue weighted by atomic mass is 16.3. The Morgan fingerprint density at radius 1 is 1.00 bits per heavy atom. The first-order chi connectivity index (χ1) is 7.33. The average Bonchev–Trinajstić information content (AvgIpc) is 3.09. The van der Waals surface area contributed by atoms with Gasteiger partial charge in [-0.05, 0) is 69.2 Å². The van der Waals surface area contributed by atoms with Gasteiger partial charge in [0.05, 0.1) is 6.10 Å². The lowest BCUT2D eigenvalue weighted by Crippen LogP contribution is -2.36. The van der Waals surface area contributed by atoms with Gasteiger partial charge in [0.2, 0.25) is 0 Å². The number of aliphatic hydroxyl groups is 1. The molecule has 0 aliphatic heterocycles. The van der Waals surface area contributed by atoms with Gasteiger partial charge in [-0.2, -0.15) is 0 Å². The topological polar surface area (TPSA) is 32.3 Å². The first-order valence-electron chi connectivity index (χ1n) is 6.74. The minimum absolute atomic E-state index is 0.00269. The molecule has 0 amide bonds. The van der Waals surface area contributed by atoms with Crippen molar-refractivity contribution < 1.29 is 5.11 Å². The molecule has 0 heterocycles. The minimum Gasteiger partial charge on any atom is -0.393 e. The SMILES string of the molecule is OC1CCC(CNC(C2CC2)C2CC2)C1. The Kier molecular flexibility index (Phi) is 2.73.